The Balaban J connectivity index is 0.00000324. The Morgan fingerprint density at radius 3 is 2.32 bits per heavy atom. The minimum Gasteiger partial charge on any atom is -0.355 e. The quantitative estimate of drug-likeness (QED) is 0.749. The van der Waals surface area contributed by atoms with E-state index in [0.717, 1.165) is 5.56 Å². The van der Waals surface area contributed by atoms with Crippen molar-refractivity contribution in [3.63, 3.8) is 0 Å². The first-order valence-electron chi connectivity index (χ1n) is 5.92. The van der Waals surface area contributed by atoms with Gasteiger partial charge in [-0.1, -0.05) is 19.1 Å². The number of hydrogen-bond acceptors (Lipinski definition) is 3. The standard InChI is InChI=1S/C13H19N3O2.ClH/c1-3-11(14)13(18)16-8-9-4-6-10(7-5-9)12(17)15-2;/h4-7,11H,3,8,14H2,1-2H3,(H,15,17)(H,16,18);1H/t11-;/m0./s1. The maximum atomic E-state index is 11.5. The van der Waals surface area contributed by atoms with Crippen LogP contribution in [0.5, 0.6) is 0 Å². The van der Waals surface area contributed by atoms with E-state index in [9.17, 15) is 9.59 Å². The number of hydrogen-bond donors (Lipinski definition) is 3. The summed E-state index contributed by atoms with van der Waals surface area (Å²) in [6.07, 6.45) is 0.613. The lowest BCUT2D eigenvalue weighted by Crippen LogP contribution is -2.39. The van der Waals surface area contributed by atoms with E-state index in [1.54, 1.807) is 19.2 Å². The highest BCUT2D eigenvalue weighted by molar-refractivity contribution is 5.93. The van der Waals surface area contributed by atoms with Crippen LogP contribution in [0.25, 0.3) is 0 Å². The minimum atomic E-state index is -0.463. The van der Waals surface area contributed by atoms with Crippen LogP contribution in [0.1, 0.15) is 29.3 Å². The van der Waals surface area contributed by atoms with Gasteiger partial charge in [0, 0.05) is 19.2 Å². The number of rotatable bonds is 5. The zero-order chi connectivity index (χ0) is 13.5. The van der Waals surface area contributed by atoms with Gasteiger partial charge >= 0.3 is 0 Å². The van der Waals surface area contributed by atoms with Crippen LogP contribution >= 0.6 is 12.4 Å². The van der Waals surface area contributed by atoms with E-state index < -0.39 is 6.04 Å². The van der Waals surface area contributed by atoms with Crippen molar-refractivity contribution < 1.29 is 9.59 Å². The van der Waals surface area contributed by atoms with Crippen LogP contribution in [0.15, 0.2) is 24.3 Å². The third-order valence-electron chi connectivity index (χ3n) is 2.69. The number of benzene rings is 1. The van der Waals surface area contributed by atoms with E-state index in [0.29, 0.717) is 18.5 Å². The van der Waals surface area contributed by atoms with Crippen molar-refractivity contribution in [2.75, 3.05) is 7.05 Å². The van der Waals surface area contributed by atoms with Gasteiger partial charge < -0.3 is 16.4 Å². The van der Waals surface area contributed by atoms with E-state index >= 15 is 0 Å². The van der Waals surface area contributed by atoms with Crippen molar-refractivity contribution in [1.29, 1.82) is 0 Å². The highest BCUT2D eigenvalue weighted by Gasteiger charge is 2.10. The molecule has 0 saturated carbocycles. The number of nitrogens with two attached hydrogens (primary N) is 1. The second kappa shape index (κ2) is 8.50. The van der Waals surface area contributed by atoms with E-state index in [4.69, 9.17) is 5.73 Å². The molecule has 0 heterocycles. The first-order valence-corrected chi connectivity index (χ1v) is 5.92. The number of halogens is 1. The largest absolute Gasteiger partial charge is 0.355 e. The molecule has 0 saturated heterocycles. The van der Waals surface area contributed by atoms with Crippen molar-refractivity contribution in [3.8, 4) is 0 Å². The molecule has 0 aliphatic rings. The zero-order valence-electron chi connectivity index (χ0n) is 11.1. The van der Waals surface area contributed by atoms with Gasteiger partial charge in [-0.15, -0.1) is 12.4 Å². The molecule has 0 fully saturated rings. The van der Waals surface area contributed by atoms with Gasteiger partial charge in [0.25, 0.3) is 5.91 Å². The van der Waals surface area contributed by atoms with E-state index in [1.807, 2.05) is 19.1 Å². The molecule has 0 bridgehead atoms. The maximum absolute atomic E-state index is 11.5. The molecule has 0 spiro atoms. The average Bonchev–Trinajstić information content (AvgIpc) is 2.43. The van der Waals surface area contributed by atoms with Crippen molar-refractivity contribution in [2.45, 2.75) is 25.9 Å². The Morgan fingerprint density at radius 2 is 1.84 bits per heavy atom. The van der Waals surface area contributed by atoms with Crippen LogP contribution in [0, 0.1) is 0 Å². The fraction of sp³-hybridized carbons (Fsp3) is 0.385. The molecular weight excluding hydrogens is 266 g/mol. The Hall–Kier alpha value is -1.59. The topological polar surface area (TPSA) is 84.2 Å². The molecule has 0 aromatic heterocycles. The Labute approximate surface area is 119 Å². The molecule has 0 aliphatic heterocycles. The Bertz CT molecular complexity index is 420. The fourth-order valence-corrected chi connectivity index (χ4v) is 1.42. The second-order valence-corrected chi connectivity index (χ2v) is 4.01. The van der Waals surface area contributed by atoms with Crippen molar-refractivity contribution in [1.82, 2.24) is 10.6 Å². The van der Waals surface area contributed by atoms with Crippen molar-refractivity contribution >= 4 is 24.2 Å². The molecule has 1 aromatic rings. The monoisotopic (exact) mass is 285 g/mol. The van der Waals surface area contributed by atoms with Crippen LogP contribution in [-0.2, 0) is 11.3 Å². The van der Waals surface area contributed by atoms with Crippen LogP contribution in [-0.4, -0.2) is 24.9 Å². The molecule has 1 aromatic carbocycles. The molecule has 0 unspecified atom stereocenters. The third-order valence-corrected chi connectivity index (χ3v) is 2.69. The van der Waals surface area contributed by atoms with Gasteiger partial charge in [-0.05, 0) is 24.1 Å². The van der Waals surface area contributed by atoms with Gasteiger partial charge in [-0.2, -0.15) is 0 Å². The molecule has 0 radical (unpaired) electrons. The molecule has 2 amide bonds. The van der Waals surface area contributed by atoms with Gasteiger partial charge in [0.2, 0.25) is 5.91 Å². The molecular formula is C13H20ClN3O2. The first kappa shape index (κ1) is 17.4. The zero-order valence-corrected chi connectivity index (χ0v) is 11.9. The van der Waals surface area contributed by atoms with Crippen molar-refractivity contribution in [3.05, 3.63) is 35.4 Å². The van der Waals surface area contributed by atoms with Crippen molar-refractivity contribution in [2.24, 2.45) is 5.73 Å². The normalized spacial score (nSPS) is 11.1. The summed E-state index contributed by atoms with van der Waals surface area (Å²) >= 11 is 0. The summed E-state index contributed by atoms with van der Waals surface area (Å²) in [6, 6.07) is 6.60. The molecule has 1 rings (SSSR count). The van der Waals surface area contributed by atoms with Gasteiger partial charge in [-0.25, -0.2) is 0 Å². The summed E-state index contributed by atoms with van der Waals surface area (Å²) in [7, 11) is 1.59. The molecule has 19 heavy (non-hydrogen) atoms. The molecule has 4 N–H and O–H groups in total. The molecule has 5 nitrogen and oxygen atoms in total. The predicted octanol–water partition coefficient (Wildman–Crippen LogP) is 0.822. The molecule has 6 heteroatoms. The summed E-state index contributed by atoms with van der Waals surface area (Å²) in [5.74, 6) is -0.286. The number of carbonyl (C=O) groups excluding carboxylic acids is 2. The number of nitrogens with one attached hydrogen (secondary N) is 2. The SMILES string of the molecule is CC[C@H](N)C(=O)NCc1ccc(C(=O)NC)cc1.Cl. The van der Waals surface area contributed by atoms with E-state index in [-0.39, 0.29) is 24.2 Å². The summed E-state index contributed by atoms with van der Waals surface area (Å²) in [5.41, 5.74) is 7.12. The first-order chi connectivity index (χ1) is 8.58. The van der Waals surface area contributed by atoms with Gasteiger partial charge in [-0.3, -0.25) is 9.59 Å². The maximum Gasteiger partial charge on any atom is 0.251 e. The van der Waals surface area contributed by atoms with Crippen LogP contribution in [0.4, 0.5) is 0 Å². The van der Waals surface area contributed by atoms with Crippen LogP contribution in [0.2, 0.25) is 0 Å². The molecule has 1 atom stereocenters. The molecule has 106 valence electrons. The summed E-state index contributed by atoms with van der Waals surface area (Å²) < 4.78 is 0. The summed E-state index contributed by atoms with van der Waals surface area (Å²) in [5, 5.41) is 5.30. The third kappa shape index (κ3) is 5.28. The van der Waals surface area contributed by atoms with E-state index in [2.05, 4.69) is 10.6 Å². The van der Waals surface area contributed by atoms with Gasteiger partial charge in [0.15, 0.2) is 0 Å². The summed E-state index contributed by atoms with van der Waals surface area (Å²) in [4.78, 5) is 22.8. The van der Waals surface area contributed by atoms with Crippen LogP contribution in [0.3, 0.4) is 0 Å². The fourth-order valence-electron chi connectivity index (χ4n) is 1.42. The lowest BCUT2D eigenvalue weighted by Gasteiger charge is -2.10. The van der Waals surface area contributed by atoms with Crippen LogP contribution < -0.4 is 16.4 Å². The predicted molar refractivity (Wildman–Crippen MR) is 77.2 cm³/mol. The minimum absolute atomic E-state index is 0. The lowest BCUT2D eigenvalue weighted by atomic mass is 10.1. The smallest absolute Gasteiger partial charge is 0.251 e. The second-order valence-electron chi connectivity index (χ2n) is 4.01. The number of carbonyl (C=O) groups is 2. The number of amides is 2. The Morgan fingerprint density at radius 1 is 1.26 bits per heavy atom. The van der Waals surface area contributed by atoms with Gasteiger partial charge in [0.1, 0.15) is 0 Å². The van der Waals surface area contributed by atoms with E-state index in [1.165, 1.54) is 0 Å². The average molecular weight is 286 g/mol. The summed E-state index contributed by atoms with van der Waals surface area (Å²) in [6.45, 7) is 2.28. The molecule has 0 aliphatic carbocycles. The lowest BCUT2D eigenvalue weighted by molar-refractivity contribution is -0.122. The highest BCUT2D eigenvalue weighted by Crippen LogP contribution is 2.04. The van der Waals surface area contributed by atoms with Gasteiger partial charge in [0.05, 0.1) is 6.04 Å². The highest BCUT2D eigenvalue weighted by atomic mass is 35.5. The Kier molecular flexibility index (Phi) is 7.79.